The average molecular weight is 236 g/mol. The number of rotatable bonds is 6. The molecule has 1 rings (SSSR count). The molecule has 0 saturated carbocycles. The van der Waals surface area contributed by atoms with Crippen LogP contribution in [0.4, 0.5) is 0 Å². The van der Waals surface area contributed by atoms with Gasteiger partial charge in [-0.25, -0.2) is 0 Å². The lowest BCUT2D eigenvalue weighted by molar-refractivity contribution is 0.0969. The highest BCUT2D eigenvalue weighted by Gasteiger charge is 2.17. The molecular formula is C14H20O3. The Bertz CT molecular complexity index is 361. The summed E-state index contributed by atoms with van der Waals surface area (Å²) >= 11 is 0. The van der Waals surface area contributed by atoms with Gasteiger partial charge in [0.2, 0.25) is 0 Å². The molecule has 0 spiro atoms. The summed E-state index contributed by atoms with van der Waals surface area (Å²) in [4.78, 5) is 12.1. The summed E-state index contributed by atoms with van der Waals surface area (Å²) in [6.45, 7) is 4.21. The topological polar surface area (TPSA) is 35.5 Å². The van der Waals surface area contributed by atoms with Crippen LogP contribution in [0.15, 0.2) is 18.2 Å². The molecule has 0 aliphatic carbocycles. The molecule has 0 radical (unpaired) electrons. The van der Waals surface area contributed by atoms with E-state index in [9.17, 15) is 4.79 Å². The van der Waals surface area contributed by atoms with Gasteiger partial charge in [0.1, 0.15) is 17.1 Å². The number of hydrogen-bond donors (Lipinski definition) is 0. The van der Waals surface area contributed by atoms with Gasteiger partial charge in [-0.3, -0.25) is 4.79 Å². The van der Waals surface area contributed by atoms with Gasteiger partial charge in [0, 0.05) is 6.42 Å². The number of carbonyl (C=O) groups excluding carboxylic acids is 1. The SMILES string of the molecule is COc1cccc(OC)c1C(=O)CCC(C)C. The van der Waals surface area contributed by atoms with Crippen molar-refractivity contribution in [3.05, 3.63) is 23.8 Å². The van der Waals surface area contributed by atoms with E-state index >= 15 is 0 Å². The van der Waals surface area contributed by atoms with Gasteiger partial charge >= 0.3 is 0 Å². The first kappa shape index (κ1) is 13.6. The predicted molar refractivity (Wildman–Crippen MR) is 67.9 cm³/mol. The largest absolute Gasteiger partial charge is 0.496 e. The molecule has 3 nitrogen and oxygen atoms in total. The molecule has 0 fully saturated rings. The molecule has 0 saturated heterocycles. The molecule has 0 N–H and O–H groups in total. The lowest BCUT2D eigenvalue weighted by atomic mass is 10.00. The maximum Gasteiger partial charge on any atom is 0.170 e. The third-order valence-electron chi connectivity index (χ3n) is 2.66. The average Bonchev–Trinajstić information content (AvgIpc) is 2.34. The van der Waals surface area contributed by atoms with Gasteiger partial charge in [0.15, 0.2) is 5.78 Å². The van der Waals surface area contributed by atoms with Gasteiger partial charge in [-0.15, -0.1) is 0 Å². The Balaban J connectivity index is 2.97. The Labute approximate surface area is 103 Å². The molecular weight excluding hydrogens is 216 g/mol. The summed E-state index contributed by atoms with van der Waals surface area (Å²) in [5.41, 5.74) is 0.554. The minimum absolute atomic E-state index is 0.0769. The highest BCUT2D eigenvalue weighted by atomic mass is 16.5. The molecule has 17 heavy (non-hydrogen) atoms. The van der Waals surface area contributed by atoms with E-state index in [0.29, 0.717) is 29.4 Å². The Morgan fingerprint density at radius 3 is 2.12 bits per heavy atom. The third kappa shape index (κ3) is 3.48. The molecule has 1 aromatic rings. The van der Waals surface area contributed by atoms with E-state index in [1.807, 2.05) is 6.07 Å². The summed E-state index contributed by atoms with van der Waals surface area (Å²) in [7, 11) is 3.13. The Morgan fingerprint density at radius 1 is 1.18 bits per heavy atom. The van der Waals surface area contributed by atoms with E-state index in [-0.39, 0.29) is 5.78 Å². The second kappa shape index (κ2) is 6.28. The Morgan fingerprint density at radius 2 is 1.71 bits per heavy atom. The first-order valence-electron chi connectivity index (χ1n) is 5.84. The van der Waals surface area contributed by atoms with Gasteiger partial charge in [0.05, 0.1) is 14.2 Å². The highest BCUT2D eigenvalue weighted by Crippen LogP contribution is 2.30. The van der Waals surface area contributed by atoms with E-state index in [0.717, 1.165) is 6.42 Å². The lowest BCUT2D eigenvalue weighted by Gasteiger charge is -2.12. The Kier molecular flexibility index (Phi) is 5.01. The van der Waals surface area contributed by atoms with Crippen molar-refractivity contribution in [1.82, 2.24) is 0 Å². The molecule has 0 unspecified atom stereocenters. The van der Waals surface area contributed by atoms with Crippen LogP contribution in [-0.4, -0.2) is 20.0 Å². The third-order valence-corrected chi connectivity index (χ3v) is 2.66. The summed E-state index contributed by atoms with van der Waals surface area (Å²) < 4.78 is 10.4. The van der Waals surface area contributed by atoms with Gasteiger partial charge in [-0.2, -0.15) is 0 Å². The maximum atomic E-state index is 12.1. The zero-order valence-corrected chi connectivity index (χ0v) is 10.9. The quantitative estimate of drug-likeness (QED) is 0.711. The van der Waals surface area contributed by atoms with Crippen molar-refractivity contribution in [3.63, 3.8) is 0 Å². The number of methoxy groups -OCH3 is 2. The van der Waals surface area contributed by atoms with Crippen LogP contribution in [0.2, 0.25) is 0 Å². The van der Waals surface area contributed by atoms with Crippen LogP contribution < -0.4 is 9.47 Å². The first-order chi connectivity index (χ1) is 8.10. The van der Waals surface area contributed by atoms with E-state index in [4.69, 9.17) is 9.47 Å². The minimum atomic E-state index is 0.0769. The number of ketones is 1. The summed E-state index contributed by atoms with van der Waals surface area (Å²) in [5.74, 6) is 1.75. The fourth-order valence-electron chi connectivity index (χ4n) is 1.67. The molecule has 0 amide bonds. The summed E-state index contributed by atoms with van der Waals surface area (Å²) in [5, 5.41) is 0. The molecule has 0 aromatic heterocycles. The molecule has 0 bridgehead atoms. The molecule has 3 heteroatoms. The summed E-state index contributed by atoms with van der Waals surface area (Å²) in [6.07, 6.45) is 1.40. The van der Waals surface area contributed by atoms with Crippen LogP contribution in [0.25, 0.3) is 0 Å². The zero-order chi connectivity index (χ0) is 12.8. The summed E-state index contributed by atoms with van der Waals surface area (Å²) in [6, 6.07) is 5.38. The van der Waals surface area contributed by atoms with Gasteiger partial charge in [-0.1, -0.05) is 19.9 Å². The van der Waals surface area contributed by atoms with Crippen molar-refractivity contribution in [2.24, 2.45) is 5.92 Å². The number of benzene rings is 1. The zero-order valence-electron chi connectivity index (χ0n) is 10.9. The highest BCUT2D eigenvalue weighted by molar-refractivity contribution is 6.01. The van der Waals surface area contributed by atoms with Crippen LogP contribution in [0.5, 0.6) is 11.5 Å². The molecule has 0 heterocycles. The van der Waals surface area contributed by atoms with Crippen molar-refractivity contribution in [2.45, 2.75) is 26.7 Å². The minimum Gasteiger partial charge on any atom is -0.496 e. The normalized spacial score (nSPS) is 10.4. The predicted octanol–water partition coefficient (Wildman–Crippen LogP) is 3.32. The second-order valence-corrected chi connectivity index (χ2v) is 4.39. The van der Waals surface area contributed by atoms with Crippen molar-refractivity contribution < 1.29 is 14.3 Å². The van der Waals surface area contributed by atoms with Crippen molar-refractivity contribution >= 4 is 5.78 Å². The van der Waals surface area contributed by atoms with Gasteiger partial charge in [-0.05, 0) is 24.5 Å². The van der Waals surface area contributed by atoms with Crippen LogP contribution in [0.3, 0.4) is 0 Å². The standard InChI is InChI=1S/C14H20O3/c1-10(2)8-9-11(15)14-12(16-3)6-5-7-13(14)17-4/h5-7,10H,8-9H2,1-4H3. The molecule has 1 aromatic carbocycles. The van der Waals surface area contributed by atoms with Crippen molar-refractivity contribution in [3.8, 4) is 11.5 Å². The number of hydrogen-bond acceptors (Lipinski definition) is 3. The molecule has 0 atom stereocenters. The van der Waals surface area contributed by atoms with E-state index < -0.39 is 0 Å². The van der Waals surface area contributed by atoms with E-state index in [2.05, 4.69) is 13.8 Å². The van der Waals surface area contributed by atoms with E-state index in [1.54, 1.807) is 26.4 Å². The first-order valence-corrected chi connectivity index (χ1v) is 5.84. The molecule has 0 aliphatic rings. The maximum absolute atomic E-state index is 12.1. The van der Waals surface area contributed by atoms with Crippen molar-refractivity contribution in [2.75, 3.05) is 14.2 Å². The fourth-order valence-corrected chi connectivity index (χ4v) is 1.67. The molecule has 0 aliphatic heterocycles. The lowest BCUT2D eigenvalue weighted by Crippen LogP contribution is -2.06. The van der Waals surface area contributed by atoms with Crippen molar-refractivity contribution in [1.29, 1.82) is 0 Å². The van der Waals surface area contributed by atoms with Crippen LogP contribution in [-0.2, 0) is 0 Å². The monoisotopic (exact) mass is 236 g/mol. The van der Waals surface area contributed by atoms with Crippen LogP contribution in [0.1, 0.15) is 37.0 Å². The van der Waals surface area contributed by atoms with Gasteiger partial charge < -0.3 is 9.47 Å². The number of ether oxygens (including phenoxy) is 2. The van der Waals surface area contributed by atoms with Gasteiger partial charge in [0.25, 0.3) is 0 Å². The Hall–Kier alpha value is -1.51. The van der Waals surface area contributed by atoms with Crippen LogP contribution in [0, 0.1) is 5.92 Å². The number of carbonyl (C=O) groups is 1. The second-order valence-electron chi connectivity index (χ2n) is 4.39. The van der Waals surface area contributed by atoms with Crippen LogP contribution >= 0.6 is 0 Å². The fraction of sp³-hybridized carbons (Fsp3) is 0.500. The van der Waals surface area contributed by atoms with E-state index in [1.165, 1.54) is 0 Å². The molecule has 94 valence electrons. The smallest absolute Gasteiger partial charge is 0.170 e. The number of Topliss-reactive ketones (excluding diaryl/α,β-unsaturated/α-hetero) is 1.